The van der Waals surface area contributed by atoms with Crippen molar-refractivity contribution in [1.29, 1.82) is 0 Å². The number of rotatable bonds is 6. The molecule has 0 saturated carbocycles. The minimum atomic E-state index is 0.780. The van der Waals surface area contributed by atoms with Crippen molar-refractivity contribution in [1.82, 2.24) is 10.2 Å². The van der Waals surface area contributed by atoms with Crippen molar-refractivity contribution < 1.29 is 0 Å². The average Bonchev–Trinajstić information content (AvgIpc) is 2.71. The number of piperidine rings is 1. The molecule has 2 saturated heterocycles. The topological polar surface area (TPSA) is 15.3 Å². The Morgan fingerprint density at radius 2 is 1.80 bits per heavy atom. The summed E-state index contributed by atoms with van der Waals surface area (Å²) >= 11 is 0. The van der Waals surface area contributed by atoms with E-state index in [0.717, 1.165) is 24.7 Å². The predicted molar refractivity (Wildman–Crippen MR) is 85.0 cm³/mol. The van der Waals surface area contributed by atoms with Gasteiger partial charge in [-0.1, -0.05) is 37.3 Å². The maximum atomic E-state index is 3.66. The Balaban J connectivity index is 1.47. The summed E-state index contributed by atoms with van der Waals surface area (Å²) in [5.74, 6) is 0. The normalized spacial score (nSPS) is 29.8. The molecule has 0 radical (unpaired) electrons. The SMILES string of the molecule is CCNC1CC2CCC(C1)N2CCCc1ccccc1. The van der Waals surface area contributed by atoms with Crippen LogP contribution in [0.1, 0.15) is 44.6 Å². The van der Waals surface area contributed by atoms with E-state index in [4.69, 9.17) is 0 Å². The van der Waals surface area contributed by atoms with E-state index in [2.05, 4.69) is 47.5 Å². The molecular weight excluding hydrogens is 244 g/mol. The number of hydrogen-bond donors (Lipinski definition) is 1. The first-order valence-corrected chi connectivity index (χ1v) is 8.40. The van der Waals surface area contributed by atoms with Crippen molar-refractivity contribution in [2.24, 2.45) is 0 Å². The fourth-order valence-corrected chi connectivity index (χ4v) is 4.21. The summed E-state index contributed by atoms with van der Waals surface area (Å²) < 4.78 is 0. The minimum absolute atomic E-state index is 0.780. The second-order valence-corrected chi connectivity index (χ2v) is 6.44. The largest absolute Gasteiger partial charge is 0.314 e. The average molecular weight is 272 g/mol. The van der Waals surface area contributed by atoms with Crippen LogP contribution >= 0.6 is 0 Å². The number of aryl methyl sites for hydroxylation is 1. The summed E-state index contributed by atoms with van der Waals surface area (Å²) in [6, 6.07) is 13.4. The number of benzene rings is 1. The standard InChI is InChI=1S/C18H28N2/c1-2-19-16-13-17-10-11-18(14-16)20(17)12-6-9-15-7-4-3-5-8-15/h3-5,7-8,16-19H,2,6,9-14H2,1H3. The number of nitrogens with zero attached hydrogens (tertiary/aromatic N) is 1. The van der Waals surface area contributed by atoms with E-state index in [-0.39, 0.29) is 0 Å². The van der Waals surface area contributed by atoms with E-state index in [0.29, 0.717) is 0 Å². The molecule has 2 fully saturated rings. The maximum Gasteiger partial charge on any atom is 0.0114 e. The second-order valence-electron chi connectivity index (χ2n) is 6.44. The van der Waals surface area contributed by atoms with Crippen LogP contribution in [0, 0.1) is 0 Å². The monoisotopic (exact) mass is 272 g/mol. The molecule has 2 aliphatic rings. The van der Waals surface area contributed by atoms with E-state index in [1.807, 2.05) is 0 Å². The lowest BCUT2D eigenvalue weighted by Crippen LogP contribution is -2.49. The third-order valence-electron chi connectivity index (χ3n) is 5.10. The van der Waals surface area contributed by atoms with Gasteiger partial charge >= 0.3 is 0 Å². The first kappa shape index (κ1) is 14.1. The number of hydrogen-bond acceptors (Lipinski definition) is 2. The summed E-state index contributed by atoms with van der Waals surface area (Å²) in [4.78, 5) is 2.82. The lowest BCUT2D eigenvalue weighted by atomic mass is 9.96. The highest BCUT2D eigenvalue weighted by Crippen LogP contribution is 2.35. The van der Waals surface area contributed by atoms with E-state index in [1.165, 1.54) is 50.6 Å². The first-order valence-electron chi connectivity index (χ1n) is 8.40. The van der Waals surface area contributed by atoms with Crippen LogP contribution in [0.4, 0.5) is 0 Å². The van der Waals surface area contributed by atoms with Crippen LogP contribution in [-0.4, -0.2) is 36.1 Å². The third kappa shape index (κ3) is 3.24. The molecule has 1 N–H and O–H groups in total. The van der Waals surface area contributed by atoms with Crippen molar-refractivity contribution in [2.75, 3.05) is 13.1 Å². The highest BCUT2D eigenvalue weighted by Gasteiger charge is 2.39. The Hall–Kier alpha value is -0.860. The molecule has 2 aliphatic heterocycles. The quantitative estimate of drug-likeness (QED) is 0.855. The molecule has 0 amide bonds. The molecule has 1 aromatic carbocycles. The zero-order chi connectivity index (χ0) is 13.8. The van der Waals surface area contributed by atoms with Crippen molar-refractivity contribution in [3.8, 4) is 0 Å². The Morgan fingerprint density at radius 3 is 2.45 bits per heavy atom. The van der Waals surface area contributed by atoms with Crippen molar-refractivity contribution in [3.63, 3.8) is 0 Å². The van der Waals surface area contributed by atoms with Crippen LogP contribution in [-0.2, 0) is 6.42 Å². The molecule has 2 atom stereocenters. The molecule has 0 aliphatic carbocycles. The van der Waals surface area contributed by atoms with Gasteiger partial charge in [0, 0.05) is 18.1 Å². The summed E-state index contributed by atoms with van der Waals surface area (Å²) in [6.07, 6.45) is 8.14. The Kier molecular flexibility index (Phi) is 4.74. The summed E-state index contributed by atoms with van der Waals surface area (Å²) in [6.45, 7) is 4.65. The van der Waals surface area contributed by atoms with Crippen molar-refractivity contribution in [3.05, 3.63) is 35.9 Å². The lowest BCUT2D eigenvalue weighted by Gasteiger charge is -2.39. The van der Waals surface area contributed by atoms with Crippen molar-refractivity contribution in [2.45, 2.75) is 63.6 Å². The highest BCUT2D eigenvalue weighted by molar-refractivity contribution is 5.14. The molecule has 0 aromatic heterocycles. The van der Waals surface area contributed by atoms with E-state index in [1.54, 1.807) is 0 Å². The van der Waals surface area contributed by atoms with Gasteiger partial charge in [0.05, 0.1) is 0 Å². The van der Waals surface area contributed by atoms with E-state index < -0.39 is 0 Å². The summed E-state index contributed by atoms with van der Waals surface area (Å²) in [5.41, 5.74) is 1.49. The van der Waals surface area contributed by atoms with Gasteiger partial charge in [-0.2, -0.15) is 0 Å². The van der Waals surface area contributed by atoms with Crippen LogP contribution in [0.2, 0.25) is 0 Å². The van der Waals surface area contributed by atoms with Gasteiger partial charge in [0.25, 0.3) is 0 Å². The Bertz CT molecular complexity index is 389. The van der Waals surface area contributed by atoms with Gasteiger partial charge < -0.3 is 5.32 Å². The molecule has 110 valence electrons. The predicted octanol–water partition coefficient (Wildman–Crippen LogP) is 3.22. The van der Waals surface area contributed by atoms with Gasteiger partial charge in [-0.25, -0.2) is 0 Å². The molecule has 2 unspecified atom stereocenters. The molecule has 2 heteroatoms. The Labute approximate surface area is 123 Å². The molecule has 20 heavy (non-hydrogen) atoms. The van der Waals surface area contributed by atoms with E-state index >= 15 is 0 Å². The van der Waals surface area contributed by atoms with Gasteiger partial charge in [-0.15, -0.1) is 0 Å². The Morgan fingerprint density at radius 1 is 1.10 bits per heavy atom. The van der Waals surface area contributed by atoms with Gasteiger partial charge in [-0.3, -0.25) is 4.90 Å². The van der Waals surface area contributed by atoms with E-state index in [9.17, 15) is 0 Å². The fourth-order valence-electron chi connectivity index (χ4n) is 4.21. The molecule has 2 heterocycles. The third-order valence-corrected chi connectivity index (χ3v) is 5.10. The molecule has 2 bridgehead atoms. The maximum absolute atomic E-state index is 3.66. The lowest BCUT2D eigenvalue weighted by molar-refractivity contribution is 0.116. The molecular formula is C18H28N2. The van der Waals surface area contributed by atoms with Crippen LogP contribution in [0.5, 0.6) is 0 Å². The zero-order valence-corrected chi connectivity index (χ0v) is 12.7. The second kappa shape index (κ2) is 6.73. The van der Waals surface area contributed by atoms with Gasteiger partial charge in [0.1, 0.15) is 0 Å². The van der Waals surface area contributed by atoms with Crippen LogP contribution in [0.15, 0.2) is 30.3 Å². The smallest absolute Gasteiger partial charge is 0.0114 e. The fraction of sp³-hybridized carbons (Fsp3) is 0.667. The van der Waals surface area contributed by atoms with Gasteiger partial charge in [-0.05, 0) is 57.2 Å². The van der Waals surface area contributed by atoms with Crippen LogP contribution < -0.4 is 5.32 Å². The number of nitrogens with one attached hydrogen (secondary N) is 1. The highest BCUT2D eigenvalue weighted by atomic mass is 15.2. The molecule has 3 rings (SSSR count). The van der Waals surface area contributed by atoms with Crippen LogP contribution in [0.3, 0.4) is 0 Å². The van der Waals surface area contributed by atoms with Gasteiger partial charge in [0.2, 0.25) is 0 Å². The molecule has 1 aromatic rings. The number of fused-ring (bicyclic) bond motifs is 2. The minimum Gasteiger partial charge on any atom is -0.314 e. The molecule has 0 spiro atoms. The van der Waals surface area contributed by atoms with Crippen LogP contribution in [0.25, 0.3) is 0 Å². The van der Waals surface area contributed by atoms with Gasteiger partial charge in [0.15, 0.2) is 0 Å². The summed E-state index contributed by atoms with van der Waals surface area (Å²) in [7, 11) is 0. The summed E-state index contributed by atoms with van der Waals surface area (Å²) in [5, 5.41) is 3.66. The zero-order valence-electron chi connectivity index (χ0n) is 12.7. The van der Waals surface area contributed by atoms with Crippen molar-refractivity contribution >= 4 is 0 Å². The molecule has 2 nitrogen and oxygen atoms in total. The first-order chi connectivity index (χ1) is 9.86.